The number of nitrogens with one attached hydrogen (secondary N) is 1. The van der Waals surface area contributed by atoms with Crippen LogP contribution < -0.4 is 5.32 Å². The summed E-state index contributed by atoms with van der Waals surface area (Å²) in [5.41, 5.74) is 3.05. The van der Waals surface area contributed by atoms with Crippen molar-refractivity contribution >= 4 is 17.5 Å². The van der Waals surface area contributed by atoms with E-state index >= 15 is 0 Å². The van der Waals surface area contributed by atoms with Crippen LogP contribution in [0, 0.1) is 19.3 Å². The van der Waals surface area contributed by atoms with Gasteiger partial charge in [0.2, 0.25) is 0 Å². The van der Waals surface area contributed by atoms with Gasteiger partial charge in [-0.05, 0) is 43.7 Å². The molecular formula is C16H24ClNO. The number of aryl methyl sites for hydroxylation is 2. The maximum absolute atomic E-state index is 12.2. The van der Waals surface area contributed by atoms with Gasteiger partial charge >= 0.3 is 0 Å². The van der Waals surface area contributed by atoms with Crippen LogP contribution >= 0.6 is 11.6 Å². The molecule has 3 heteroatoms. The first kappa shape index (κ1) is 16.0. The van der Waals surface area contributed by atoms with E-state index in [9.17, 15) is 4.79 Å². The minimum atomic E-state index is 0.0106. The molecule has 106 valence electrons. The van der Waals surface area contributed by atoms with Gasteiger partial charge in [0.05, 0.1) is 0 Å². The van der Waals surface area contributed by atoms with Gasteiger partial charge in [-0.15, -0.1) is 11.6 Å². The van der Waals surface area contributed by atoms with Crippen LogP contribution in [0.2, 0.25) is 0 Å². The van der Waals surface area contributed by atoms with Gasteiger partial charge in [0.15, 0.2) is 0 Å². The summed E-state index contributed by atoms with van der Waals surface area (Å²) in [6.07, 6.45) is 2.00. The molecule has 0 unspecified atom stereocenters. The zero-order chi connectivity index (χ0) is 14.5. The fourth-order valence-corrected chi connectivity index (χ4v) is 2.25. The third kappa shape index (κ3) is 5.23. The topological polar surface area (TPSA) is 29.1 Å². The van der Waals surface area contributed by atoms with E-state index in [-0.39, 0.29) is 11.3 Å². The van der Waals surface area contributed by atoms with Gasteiger partial charge in [0.25, 0.3) is 5.91 Å². The zero-order valence-electron chi connectivity index (χ0n) is 12.3. The van der Waals surface area contributed by atoms with Crippen molar-refractivity contribution < 1.29 is 4.79 Å². The molecule has 0 aliphatic rings. The normalized spacial score (nSPS) is 11.4. The highest BCUT2D eigenvalue weighted by Gasteiger charge is 2.19. The first-order valence-electron chi connectivity index (χ1n) is 6.77. The predicted molar refractivity (Wildman–Crippen MR) is 82.0 cm³/mol. The van der Waals surface area contributed by atoms with Crippen LogP contribution in [0.15, 0.2) is 18.2 Å². The Morgan fingerprint density at radius 1 is 1.32 bits per heavy atom. The van der Waals surface area contributed by atoms with Crippen molar-refractivity contribution in [1.29, 1.82) is 0 Å². The average molecular weight is 282 g/mol. The highest BCUT2D eigenvalue weighted by molar-refractivity contribution is 6.17. The zero-order valence-corrected chi connectivity index (χ0v) is 13.1. The van der Waals surface area contributed by atoms with Gasteiger partial charge < -0.3 is 5.32 Å². The summed E-state index contributed by atoms with van der Waals surface area (Å²) in [5, 5.41) is 3.03. The smallest absolute Gasteiger partial charge is 0.251 e. The predicted octanol–water partition coefficient (Wildman–Crippen LogP) is 4.08. The summed E-state index contributed by atoms with van der Waals surface area (Å²) in [7, 11) is 0. The van der Waals surface area contributed by atoms with Gasteiger partial charge in [-0.3, -0.25) is 4.79 Å². The van der Waals surface area contributed by atoms with Crippen molar-refractivity contribution in [1.82, 2.24) is 5.32 Å². The molecule has 1 aromatic carbocycles. The number of benzene rings is 1. The Labute approximate surface area is 121 Å². The number of carbonyl (C=O) groups is 1. The number of hydrogen-bond donors (Lipinski definition) is 1. The Kier molecular flexibility index (Phi) is 5.86. The Balaban J connectivity index is 2.60. The molecule has 19 heavy (non-hydrogen) atoms. The van der Waals surface area contributed by atoms with E-state index in [1.54, 1.807) is 0 Å². The van der Waals surface area contributed by atoms with Gasteiger partial charge in [0, 0.05) is 18.0 Å². The van der Waals surface area contributed by atoms with E-state index in [0.29, 0.717) is 12.4 Å². The third-order valence-electron chi connectivity index (χ3n) is 3.34. The van der Waals surface area contributed by atoms with E-state index < -0.39 is 0 Å². The third-order valence-corrected chi connectivity index (χ3v) is 3.61. The van der Waals surface area contributed by atoms with E-state index in [4.69, 9.17) is 11.6 Å². The van der Waals surface area contributed by atoms with Crippen molar-refractivity contribution in [2.24, 2.45) is 5.41 Å². The lowest BCUT2D eigenvalue weighted by atomic mass is 9.88. The number of rotatable bonds is 6. The molecule has 0 spiro atoms. The van der Waals surface area contributed by atoms with E-state index in [0.717, 1.165) is 24.0 Å². The fraction of sp³-hybridized carbons (Fsp3) is 0.562. The second-order valence-corrected chi connectivity index (χ2v) is 6.34. The van der Waals surface area contributed by atoms with Crippen LogP contribution in [-0.2, 0) is 0 Å². The largest absolute Gasteiger partial charge is 0.351 e. The molecule has 0 heterocycles. The van der Waals surface area contributed by atoms with Gasteiger partial charge in [-0.25, -0.2) is 0 Å². The minimum absolute atomic E-state index is 0.0106. The average Bonchev–Trinajstić information content (AvgIpc) is 2.34. The first-order chi connectivity index (χ1) is 8.85. The van der Waals surface area contributed by atoms with E-state index in [1.807, 2.05) is 32.0 Å². The summed E-state index contributed by atoms with van der Waals surface area (Å²) in [5.74, 6) is 0.686. The monoisotopic (exact) mass is 281 g/mol. The number of alkyl halides is 1. The number of halogens is 1. The van der Waals surface area contributed by atoms with Crippen LogP contribution in [-0.4, -0.2) is 18.3 Å². The second kappa shape index (κ2) is 6.95. The molecule has 0 saturated heterocycles. The lowest BCUT2D eigenvalue weighted by Crippen LogP contribution is -2.34. The molecule has 2 nitrogen and oxygen atoms in total. The summed E-state index contributed by atoms with van der Waals surface area (Å²) in [6, 6.07) is 5.90. The molecule has 0 fully saturated rings. The summed E-state index contributed by atoms with van der Waals surface area (Å²) < 4.78 is 0. The van der Waals surface area contributed by atoms with Gasteiger partial charge in [-0.2, -0.15) is 0 Å². The molecule has 0 aliphatic carbocycles. The van der Waals surface area contributed by atoms with Crippen LogP contribution in [0.25, 0.3) is 0 Å². The molecule has 0 saturated carbocycles. The van der Waals surface area contributed by atoms with Crippen molar-refractivity contribution in [3.05, 3.63) is 34.9 Å². The Morgan fingerprint density at radius 3 is 2.58 bits per heavy atom. The molecule has 0 bridgehead atoms. The number of amides is 1. The molecule has 0 aromatic heterocycles. The first-order valence-corrected chi connectivity index (χ1v) is 7.30. The SMILES string of the molecule is Cc1ccc(C(=O)NCC(C)(C)CCCCl)c(C)c1. The highest BCUT2D eigenvalue weighted by Crippen LogP contribution is 2.21. The van der Waals surface area contributed by atoms with Crippen LogP contribution in [0.3, 0.4) is 0 Å². The maximum Gasteiger partial charge on any atom is 0.251 e. The summed E-state index contributed by atoms with van der Waals surface area (Å²) in [6.45, 7) is 8.99. The molecule has 0 atom stereocenters. The van der Waals surface area contributed by atoms with Crippen molar-refractivity contribution in [2.45, 2.75) is 40.5 Å². The van der Waals surface area contributed by atoms with Crippen molar-refractivity contribution in [3.63, 3.8) is 0 Å². The van der Waals surface area contributed by atoms with Crippen LogP contribution in [0.5, 0.6) is 0 Å². The molecule has 1 aromatic rings. The molecule has 0 radical (unpaired) electrons. The van der Waals surface area contributed by atoms with Crippen LogP contribution in [0.4, 0.5) is 0 Å². The van der Waals surface area contributed by atoms with Crippen molar-refractivity contribution in [2.75, 3.05) is 12.4 Å². The Bertz CT molecular complexity index is 440. The Hall–Kier alpha value is -1.02. The number of hydrogen-bond acceptors (Lipinski definition) is 1. The summed E-state index contributed by atoms with van der Waals surface area (Å²) >= 11 is 5.71. The molecule has 1 N–H and O–H groups in total. The van der Waals surface area contributed by atoms with E-state index in [2.05, 4.69) is 19.2 Å². The van der Waals surface area contributed by atoms with Gasteiger partial charge in [0.1, 0.15) is 0 Å². The minimum Gasteiger partial charge on any atom is -0.351 e. The van der Waals surface area contributed by atoms with Crippen molar-refractivity contribution in [3.8, 4) is 0 Å². The second-order valence-electron chi connectivity index (χ2n) is 5.96. The highest BCUT2D eigenvalue weighted by atomic mass is 35.5. The standard InChI is InChI=1S/C16H24ClNO/c1-12-6-7-14(13(2)10-12)15(19)18-11-16(3,4)8-5-9-17/h6-7,10H,5,8-9,11H2,1-4H3,(H,18,19). The molecule has 1 amide bonds. The summed E-state index contributed by atoms with van der Waals surface area (Å²) in [4.78, 5) is 12.2. The molecular weight excluding hydrogens is 258 g/mol. The molecule has 0 aliphatic heterocycles. The van der Waals surface area contributed by atoms with Gasteiger partial charge in [-0.1, -0.05) is 31.5 Å². The Morgan fingerprint density at radius 2 is 2.00 bits per heavy atom. The fourth-order valence-electron chi connectivity index (χ4n) is 2.12. The lowest BCUT2D eigenvalue weighted by Gasteiger charge is -2.24. The quantitative estimate of drug-likeness (QED) is 0.782. The van der Waals surface area contributed by atoms with Crippen LogP contribution in [0.1, 0.15) is 48.2 Å². The lowest BCUT2D eigenvalue weighted by molar-refractivity contribution is 0.0934. The molecule has 1 rings (SSSR count). The maximum atomic E-state index is 12.2. The number of carbonyl (C=O) groups excluding carboxylic acids is 1. The van der Waals surface area contributed by atoms with E-state index in [1.165, 1.54) is 5.56 Å².